The highest BCUT2D eigenvalue weighted by Gasteiger charge is 2.32. The average molecular weight is 238 g/mol. The topological polar surface area (TPSA) is 63.4 Å². The lowest BCUT2D eigenvalue weighted by Crippen LogP contribution is -2.44. The molecule has 0 aromatic carbocycles. The van der Waals surface area contributed by atoms with Crippen molar-refractivity contribution in [1.29, 1.82) is 0 Å². The molecule has 6 heteroatoms. The fourth-order valence-corrected chi connectivity index (χ4v) is 4.19. The maximum atomic E-state index is 11.9. The highest BCUT2D eigenvalue weighted by Crippen LogP contribution is 2.24. The lowest BCUT2D eigenvalue weighted by molar-refractivity contribution is 0.389. The van der Waals surface area contributed by atoms with Gasteiger partial charge < -0.3 is 5.73 Å². The van der Waals surface area contributed by atoms with E-state index in [9.17, 15) is 8.42 Å². The van der Waals surface area contributed by atoms with Gasteiger partial charge in [0.25, 0.3) is 0 Å². The van der Waals surface area contributed by atoms with Crippen LogP contribution in [-0.2, 0) is 10.0 Å². The van der Waals surface area contributed by atoms with Crippen LogP contribution in [0.15, 0.2) is 0 Å². The zero-order chi connectivity index (χ0) is 10.8. The molecule has 2 atom stereocenters. The van der Waals surface area contributed by atoms with Crippen LogP contribution in [0.4, 0.5) is 0 Å². The zero-order valence-corrected chi connectivity index (χ0v) is 10.3. The van der Waals surface area contributed by atoms with Crippen LogP contribution in [0.25, 0.3) is 0 Å². The number of nitrogens with two attached hydrogens (primary N) is 1. The van der Waals surface area contributed by atoms with Crippen molar-refractivity contribution >= 4 is 21.8 Å². The van der Waals surface area contributed by atoms with Crippen molar-refractivity contribution in [3.8, 4) is 0 Å². The molecule has 1 heterocycles. The van der Waals surface area contributed by atoms with Crippen molar-refractivity contribution in [2.45, 2.75) is 24.6 Å². The number of hydrogen-bond donors (Lipinski definition) is 1. The molecule has 2 N–H and O–H groups in total. The number of rotatable bonds is 4. The summed E-state index contributed by atoms with van der Waals surface area (Å²) in [6, 6.07) is 0.166. The highest BCUT2D eigenvalue weighted by molar-refractivity contribution is 7.99. The van der Waals surface area contributed by atoms with Gasteiger partial charge in [0.05, 0.1) is 5.25 Å². The van der Waals surface area contributed by atoms with Crippen LogP contribution in [0.5, 0.6) is 0 Å². The van der Waals surface area contributed by atoms with E-state index in [4.69, 9.17) is 5.73 Å². The molecule has 1 saturated heterocycles. The van der Waals surface area contributed by atoms with Gasteiger partial charge >= 0.3 is 0 Å². The molecule has 0 aromatic rings. The molecule has 0 spiro atoms. The molecular formula is C8H18N2O2S2. The van der Waals surface area contributed by atoms with E-state index < -0.39 is 15.3 Å². The Labute approximate surface area is 90.3 Å². The molecule has 0 aromatic heterocycles. The van der Waals surface area contributed by atoms with Crippen LogP contribution < -0.4 is 5.73 Å². The molecular weight excluding hydrogens is 220 g/mol. The Morgan fingerprint density at radius 1 is 1.64 bits per heavy atom. The first-order valence-electron chi connectivity index (χ1n) is 4.74. The van der Waals surface area contributed by atoms with Crippen molar-refractivity contribution in [2.75, 3.05) is 25.1 Å². The van der Waals surface area contributed by atoms with Crippen molar-refractivity contribution in [2.24, 2.45) is 5.73 Å². The molecule has 1 fully saturated rings. The quantitative estimate of drug-likeness (QED) is 0.754. The van der Waals surface area contributed by atoms with Gasteiger partial charge in [0.1, 0.15) is 0 Å². The predicted octanol–water partition coefficient (Wildman–Crippen LogP) is 0.101. The second kappa shape index (κ2) is 4.83. The number of hydrogen-bond acceptors (Lipinski definition) is 4. The van der Waals surface area contributed by atoms with E-state index in [-0.39, 0.29) is 12.6 Å². The summed E-state index contributed by atoms with van der Waals surface area (Å²) in [4.78, 5) is 0. The summed E-state index contributed by atoms with van der Waals surface area (Å²) >= 11 is 1.81. The molecule has 0 amide bonds. The normalized spacial score (nSPS) is 25.6. The van der Waals surface area contributed by atoms with Gasteiger partial charge in [0, 0.05) is 25.4 Å². The largest absolute Gasteiger partial charge is 0.329 e. The van der Waals surface area contributed by atoms with E-state index in [1.807, 2.05) is 11.8 Å². The Bertz CT molecular complexity index is 273. The van der Waals surface area contributed by atoms with E-state index >= 15 is 0 Å². The van der Waals surface area contributed by atoms with Gasteiger partial charge in [-0.05, 0) is 19.1 Å². The van der Waals surface area contributed by atoms with Crippen LogP contribution in [0.1, 0.15) is 13.3 Å². The van der Waals surface area contributed by atoms with Gasteiger partial charge in [0.2, 0.25) is 10.0 Å². The molecule has 0 saturated carbocycles. The summed E-state index contributed by atoms with van der Waals surface area (Å²) in [6.07, 6.45) is 0.956. The molecule has 4 nitrogen and oxygen atoms in total. The van der Waals surface area contributed by atoms with Crippen LogP contribution in [-0.4, -0.2) is 49.1 Å². The maximum Gasteiger partial charge on any atom is 0.217 e. The minimum absolute atomic E-state index is 0.166. The standard InChI is InChI=1S/C8H18N2O2S2/c1-7(5-9)14(11,12)10(2)8-3-4-13-6-8/h7-8H,3-6,9H2,1-2H3. The third-order valence-electron chi connectivity index (χ3n) is 2.66. The molecule has 1 aliphatic heterocycles. The predicted molar refractivity (Wildman–Crippen MR) is 60.9 cm³/mol. The number of thioether (sulfide) groups is 1. The molecule has 2 unspecified atom stereocenters. The third-order valence-corrected chi connectivity index (χ3v) is 6.12. The van der Waals surface area contributed by atoms with E-state index in [1.54, 1.807) is 14.0 Å². The monoisotopic (exact) mass is 238 g/mol. The van der Waals surface area contributed by atoms with Gasteiger partial charge in [-0.25, -0.2) is 12.7 Å². The highest BCUT2D eigenvalue weighted by atomic mass is 32.2. The molecule has 1 aliphatic rings. The van der Waals surface area contributed by atoms with Crippen molar-refractivity contribution in [3.05, 3.63) is 0 Å². The van der Waals surface area contributed by atoms with E-state index in [2.05, 4.69) is 0 Å². The lowest BCUT2D eigenvalue weighted by atomic mass is 10.3. The van der Waals surface area contributed by atoms with Crippen molar-refractivity contribution < 1.29 is 8.42 Å². The van der Waals surface area contributed by atoms with Gasteiger partial charge in [-0.2, -0.15) is 11.8 Å². The van der Waals surface area contributed by atoms with Gasteiger partial charge in [-0.3, -0.25) is 0 Å². The first-order valence-corrected chi connectivity index (χ1v) is 7.40. The number of nitrogens with zero attached hydrogens (tertiary/aromatic N) is 1. The van der Waals surface area contributed by atoms with E-state index in [0.717, 1.165) is 17.9 Å². The van der Waals surface area contributed by atoms with Crippen molar-refractivity contribution in [1.82, 2.24) is 4.31 Å². The lowest BCUT2D eigenvalue weighted by Gasteiger charge is -2.25. The zero-order valence-electron chi connectivity index (χ0n) is 8.64. The second-order valence-electron chi connectivity index (χ2n) is 3.62. The Kier molecular flexibility index (Phi) is 4.24. The second-order valence-corrected chi connectivity index (χ2v) is 7.19. The van der Waals surface area contributed by atoms with E-state index in [1.165, 1.54) is 4.31 Å². The summed E-state index contributed by atoms with van der Waals surface area (Å²) in [5, 5.41) is -0.474. The Hall–Kier alpha value is 0.220. The first kappa shape index (κ1) is 12.3. The Morgan fingerprint density at radius 2 is 2.29 bits per heavy atom. The molecule has 84 valence electrons. The summed E-state index contributed by atoms with van der Waals surface area (Å²) in [7, 11) is -1.51. The fourth-order valence-electron chi connectivity index (χ4n) is 1.42. The van der Waals surface area contributed by atoms with Crippen LogP contribution in [0, 0.1) is 0 Å². The summed E-state index contributed by atoms with van der Waals surface area (Å²) in [5.41, 5.74) is 5.38. The molecule has 14 heavy (non-hydrogen) atoms. The molecule has 0 radical (unpaired) electrons. The van der Waals surface area contributed by atoms with Crippen LogP contribution >= 0.6 is 11.8 Å². The summed E-state index contributed by atoms with van der Waals surface area (Å²) < 4.78 is 25.3. The van der Waals surface area contributed by atoms with Gasteiger partial charge in [-0.1, -0.05) is 0 Å². The van der Waals surface area contributed by atoms with E-state index in [0.29, 0.717) is 0 Å². The minimum atomic E-state index is -3.18. The van der Waals surface area contributed by atoms with Gasteiger partial charge in [0.15, 0.2) is 0 Å². The molecule has 1 rings (SSSR count). The summed E-state index contributed by atoms with van der Waals surface area (Å²) in [6.45, 7) is 1.85. The summed E-state index contributed by atoms with van der Waals surface area (Å²) in [5.74, 6) is 1.97. The SMILES string of the molecule is CC(CN)S(=O)(=O)N(C)C1CCSC1. The van der Waals surface area contributed by atoms with Crippen LogP contribution in [0.3, 0.4) is 0 Å². The third kappa shape index (κ3) is 2.42. The maximum absolute atomic E-state index is 11.9. The average Bonchev–Trinajstić information content (AvgIpc) is 2.67. The molecule has 0 aliphatic carbocycles. The Morgan fingerprint density at radius 3 is 2.71 bits per heavy atom. The van der Waals surface area contributed by atoms with Gasteiger partial charge in [-0.15, -0.1) is 0 Å². The smallest absolute Gasteiger partial charge is 0.217 e. The minimum Gasteiger partial charge on any atom is -0.329 e. The Balaban J connectivity index is 2.71. The number of sulfonamides is 1. The first-order chi connectivity index (χ1) is 6.50. The molecule has 0 bridgehead atoms. The fraction of sp³-hybridized carbons (Fsp3) is 1.00. The van der Waals surface area contributed by atoms with Crippen molar-refractivity contribution in [3.63, 3.8) is 0 Å². The van der Waals surface area contributed by atoms with Crippen LogP contribution in [0.2, 0.25) is 0 Å².